The van der Waals surface area contributed by atoms with Gasteiger partial charge in [-0.1, -0.05) is 62.6 Å². The Morgan fingerprint density at radius 3 is 2.27 bits per heavy atom. The normalized spacial score (nSPS) is 12.8. The van der Waals surface area contributed by atoms with Crippen molar-refractivity contribution in [3.8, 4) is 0 Å². The van der Waals surface area contributed by atoms with Crippen LogP contribution < -0.4 is 0 Å². The van der Waals surface area contributed by atoms with E-state index in [1.807, 2.05) is 69.0 Å². The Balaban J connectivity index is 2.56. The fourth-order valence-electron chi connectivity index (χ4n) is 3.74. The van der Waals surface area contributed by atoms with E-state index in [0.717, 1.165) is 35.6 Å². The van der Waals surface area contributed by atoms with Crippen molar-refractivity contribution >= 4 is 16.7 Å². The van der Waals surface area contributed by atoms with Gasteiger partial charge in [-0.05, 0) is 50.5 Å². The second-order valence-electron chi connectivity index (χ2n) is 7.66. The van der Waals surface area contributed by atoms with Gasteiger partial charge in [0.1, 0.15) is 0 Å². The van der Waals surface area contributed by atoms with Gasteiger partial charge in [0.25, 0.3) is 5.91 Å². The van der Waals surface area contributed by atoms with E-state index < -0.39 is 6.10 Å². The summed E-state index contributed by atoms with van der Waals surface area (Å²) in [6.45, 7) is 10.3. The third-order valence-corrected chi connectivity index (χ3v) is 4.96. The molecular weight excluding hydrogens is 322 g/mol. The van der Waals surface area contributed by atoms with E-state index in [1.54, 1.807) is 0 Å². The highest BCUT2D eigenvalue weighted by atomic mass is 16.3. The molecule has 0 saturated heterocycles. The minimum absolute atomic E-state index is 0.0105. The minimum atomic E-state index is -0.605. The molecule has 3 nitrogen and oxygen atoms in total. The number of carbonyl (C=O) groups excluding carboxylic acids is 1. The van der Waals surface area contributed by atoms with Crippen LogP contribution in [0.2, 0.25) is 0 Å². The average Bonchev–Trinajstić information content (AvgIpc) is 2.60. The van der Waals surface area contributed by atoms with Crippen molar-refractivity contribution in [2.45, 2.75) is 78.5 Å². The van der Waals surface area contributed by atoms with Crippen molar-refractivity contribution in [3.63, 3.8) is 0 Å². The maximum absolute atomic E-state index is 13.5. The lowest BCUT2D eigenvalue weighted by Crippen LogP contribution is -2.42. The zero-order chi connectivity index (χ0) is 19.3. The summed E-state index contributed by atoms with van der Waals surface area (Å²) in [5.74, 6) is 0.0105. The van der Waals surface area contributed by atoms with Gasteiger partial charge in [-0.2, -0.15) is 0 Å². The summed E-state index contributed by atoms with van der Waals surface area (Å²) in [6, 6.07) is 12.1. The van der Waals surface area contributed by atoms with Crippen molar-refractivity contribution in [2.24, 2.45) is 0 Å². The van der Waals surface area contributed by atoms with Gasteiger partial charge in [-0.3, -0.25) is 4.79 Å². The van der Waals surface area contributed by atoms with Crippen LogP contribution in [0.25, 0.3) is 10.8 Å². The molecule has 26 heavy (non-hydrogen) atoms. The fourth-order valence-corrected chi connectivity index (χ4v) is 3.74. The molecule has 1 atom stereocenters. The summed E-state index contributed by atoms with van der Waals surface area (Å²) in [5, 5.41) is 12.8. The van der Waals surface area contributed by atoms with Gasteiger partial charge in [0.15, 0.2) is 0 Å². The number of hydrogen-bond acceptors (Lipinski definition) is 2. The van der Waals surface area contributed by atoms with E-state index in [1.165, 1.54) is 0 Å². The standard InChI is InChI=1S/C23H33NO2/c1-6-7-8-13-21(25)20-15-14-18-11-9-10-12-19(18)22(20)23(26)24(16(2)3)17(4)5/h9-12,14-17,21,25H,6-8,13H2,1-5H3. The van der Waals surface area contributed by atoms with Gasteiger partial charge in [0.05, 0.1) is 11.7 Å². The molecule has 1 amide bonds. The van der Waals surface area contributed by atoms with Gasteiger partial charge >= 0.3 is 0 Å². The van der Waals surface area contributed by atoms with Gasteiger partial charge < -0.3 is 10.0 Å². The Morgan fingerprint density at radius 2 is 1.65 bits per heavy atom. The van der Waals surface area contributed by atoms with Crippen LogP contribution in [0.4, 0.5) is 0 Å². The van der Waals surface area contributed by atoms with E-state index >= 15 is 0 Å². The van der Waals surface area contributed by atoms with Gasteiger partial charge in [-0.25, -0.2) is 0 Å². The SMILES string of the molecule is CCCCCC(O)c1ccc2ccccc2c1C(=O)N(C(C)C)C(C)C. The van der Waals surface area contributed by atoms with Gasteiger partial charge in [0.2, 0.25) is 0 Å². The van der Waals surface area contributed by atoms with Crippen LogP contribution in [0.15, 0.2) is 36.4 Å². The molecular formula is C23H33NO2. The topological polar surface area (TPSA) is 40.5 Å². The molecule has 3 heteroatoms. The van der Waals surface area contributed by atoms with Crippen molar-refractivity contribution in [1.29, 1.82) is 0 Å². The van der Waals surface area contributed by atoms with Crippen molar-refractivity contribution in [1.82, 2.24) is 4.90 Å². The maximum Gasteiger partial charge on any atom is 0.255 e. The van der Waals surface area contributed by atoms with Crippen LogP contribution in [-0.2, 0) is 0 Å². The third kappa shape index (κ3) is 4.45. The Morgan fingerprint density at radius 1 is 1.00 bits per heavy atom. The average molecular weight is 356 g/mol. The van der Waals surface area contributed by atoms with Gasteiger partial charge in [-0.15, -0.1) is 0 Å². The van der Waals surface area contributed by atoms with E-state index in [-0.39, 0.29) is 18.0 Å². The first-order valence-corrected chi connectivity index (χ1v) is 9.90. The first-order valence-electron chi connectivity index (χ1n) is 9.90. The molecule has 0 bridgehead atoms. The molecule has 0 spiro atoms. The largest absolute Gasteiger partial charge is 0.388 e. The number of amides is 1. The predicted molar refractivity (Wildman–Crippen MR) is 109 cm³/mol. The number of carbonyl (C=O) groups is 1. The summed E-state index contributed by atoms with van der Waals surface area (Å²) in [4.78, 5) is 15.4. The lowest BCUT2D eigenvalue weighted by atomic mass is 9.92. The van der Waals surface area contributed by atoms with Crippen LogP contribution in [0, 0.1) is 0 Å². The first kappa shape index (κ1) is 20.4. The number of aliphatic hydroxyl groups is 1. The molecule has 0 fully saturated rings. The van der Waals surface area contributed by atoms with E-state index in [0.29, 0.717) is 12.0 Å². The second-order valence-corrected chi connectivity index (χ2v) is 7.66. The lowest BCUT2D eigenvalue weighted by molar-refractivity contribution is 0.0638. The Hall–Kier alpha value is -1.87. The second kappa shape index (κ2) is 9.18. The molecule has 0 aromatic heterocycles. The number of benzene rings is 2. The van der Waals surface area contributed by atoms with Crippen molar-refractivity contribution in [2.75, 3.05) is 0 Å². The number of hydrogen-bond donors (Lipinski definition) is 1. The van der Waals surface area contributed by atoms with Crippen LogP contribution >= 0.6 is 0 Å². The monoisotopic (exact) mass is 355 g/mol. The highest BCUT2D eigenvalue weighted by Gasteiger charge is 2.27. The highest BCUT2D eigenvalue weighted by Crippen LogP contribution is 2.31. The summed E-state index contributed by atoms with van der Waals surface area (Å²) in [5.41, 5.74) is 1.42. The number of unbranched alkanes of at least 4 members (excludes halogenated alkanes) is 2. The zero-order valence-electron chi connectivity index (χ0n) is 16.8. The molecule has 2 aromatic carbocycles. The number of aliphatic hydroxyl groups excluding tert-OH is 1. The molecule has 0 radical (unpaired) electrons. The number of fused-ring (bicyclic) bond motifs is 1. The fraction of sp³-hybridized carbons (Fsp3) is 0.522. The van der Waals surface area contributed by atoms with Crippen LogP contribution in [0.1, 0.15) is 82.3 Å². The predicted octanol–water partition coefficient (Wildman–Crippen LogP) is 5.71. The Labute approximate surface area is 158 Å². The molecule has 0 aliphatic heterocycles. The van der Waals surface area contributed by atoms with E-state index in [9.17, 15) is 9.90 Å². The molecule has 0 saturated carbocycles. The maximum atomic E-state index is 13.5. The summed E-state index contributed by atoms with van der Waals surface area (Å²) in [6.07, 6.45) is 3.26. The molecule has 2 rings (SSSR count). The highest BCUT2D eigenvalue weighted by molar-refractivity contribution is 6.08. The quantitative estimate of drug-likeness (QED) is 0.616. The Bertz CT molecular complexity index is 728. The molecule has 0 heterocycles. The van der Waals surface area contributed by atoms with Crippen LogP contribution in [0.3, 0.4) is 0 Å². The van der Waals surface area contributed by atoms with Crippen LogP contribution in [0.5, 0.6) is 0 Å². The lowest BCUT2D eigenvalue weighted by Gasteiger charge is -2.32. The minimum Gasteiger partial charge on any atom is -0.388 e. The summed E-state index contributed by atoms with van der Waals surface area (Å²) in [7, 11) is 0. The molecule has 1 N–H and O–H groups in total. The van der Waals surface area contributed by atoms with Gasteiger partial charge in [0, 0.05) is 12.1 Å². The Kier molecular flexibility index (Phi) is 7.22. The van der Waals surface area contributed by atoms with Crippen molar-refractivity contribution in [3.05, 3.63) is 47.5 Å². The van der Waals surface area contributed by atoms with Crippen molar-refractivity contribution < 1.29 is 9.90 Å². The van der Waals surface area contributed by atoms with E-state index in [4.69, 9.17) is 0 Å². The van der Waals surface area contributed by atoms with E-state index in [2.05, 4.69) is 6.92 Å². The molecule has 0 aliphatic carbocycles. The number of rotatable bonds is 8. The molecule has 2 aromatic rings. The molecule has 0 aliphatic rings. The molecule has 1 unspecified atom stereocenters. The third-order valence-electron chi connectivity index (χ3n) is 4.96. The van der Waals surface area contributed by atoms with Crippen LogP contribution in [-0.4, -0.2) is 28.0 Å². The molecule has 142 valence electrons. The number of nitrogens with zero attached hydrogens (tertiary/aromatic N) is 1. The smallest absolute Gasteiger partial charge is 0.255 e. The summed E-state index contributed by atoms with van der Waals surface area (Å²) >= 11 is 0. The zero-order valence-corrected chi connectivity index (χ0v) is 16.8. The first-order chi connectivity index (χ1) is 12.4. The summed E-state index contributed by atoms with van der Waals surface area (Å²) < 4.78 is 0.